The van der Waals surface area contributed by atoms with Gasteiger partial charge in [-0.25, -0.2) is 9.97 Å². The van der Waals surface area contributed by atoms with E-state index in [-0.39, 0.29) is 0 Å². The lowest BCUT2D eigenvalue weighted by Crippen LogP contribution is -2.20. The first-order chi connectivity index (χ1) is 15.2. The van der Waals surface area contributed by atoms with E-state index in [4.69, 9.17) is 15.2 Å². The van der Waals surface area contributed by atoms with Gasteiger partial charge in [0.05, 0.1) is 25.6 Å². The van der Waals surface area contributed by atoms with Crippen LogP contribution in [0.4, 0.5) is 28.7 Å². The van der Waals surface area contributed by atoms with Gasteiger partial charge >= 0.3 is 0 Å². The molecule has 4 aromatic rings. The van der Waals surface area contributed by atoms with Crippen LogP contribution in [0.15, 0.2) is 67.0 Å². The summed E-state index contributed by atoms with van der Waals surface area (Å²) in [5, 5.41) is 5.56. The maximum absolute atomic E-state index is 6.55. The Labute approximate surface area is 181 Å². The Bertz CT molecular complexity index is 1210. The number of anilines is 5. The first kappa shape index (κ1) is 20.3. The zero-order chi connectivity index (χ0) is 21.8. The Balaban J connectivity index is 1.77. The molecule has 0 atom stereocenters. The van der Waals surface area contributed by atoms with E-state index in [1.165, 1.54) is 6.33 Å². The van der Waals surface area contributed by atoms with Crippen LogP contribution in [0.5, 0.6) is 11.5 Å². The average molecular weight is 415 g/mol. The largest absolute Gasteiger partial charge is 0.497 e. The van der Waals surface area contributed by atoms with Gasteiger partial charge in [-0.05, 0) is 30.5 Å². The zero-order valence-corrected chi connectivity index (χ0v) is 17.8. The van der Waals surface area contributed by atoms with Gasteiger partial charge in [0.15, 0.2) is 11.6 Å². The van der Waals surface area contributed by atoms with E-state index in [0.717, 1.165) is 16.5 Å². The predicted octanol–water partition coefficient (Wildman–Crippen LogP) is 5.13. The van der Waals surface area contributed by atoms with Crippen molar-refractivity contribution in [3.05, 3.63) is 67.0 Å². The Morgan fingerprint density at radius 1 is 0.968 bits per heavy atom. The molecule has 0 saturated carbocycles. The summed E-state index contributed by atoms with van der Waals surface area (Å²) in [6.07, 6.45) is 1.51. The summed E-state index contributed by atoms with van der Waals surface area (Å²) >= 11 is 0. The fraction of sp³-hybridized carbons (Fsp3) is 0.167. The quantitative estimate of drug-likeness (QED) is 0.433. The molecule has 0 fully saturated rings. The molecule has 0 spiro atoms. The van der Waals surface area contributed by atoms with Gasteiger partial charge in [0.1, 0.15) is 23.5 Å². The summed E-state index contributed by atoms with van der Waals surface area (Å²) in [5.74, 6) is 2.48. The van der Waals surface area contributed by atoms with E-state index in [0.29, 0.717) is 41.1 Å². The summed E-state index contributed by atoms with van der Waals surface area (Å²) in [5.41, 5.74) is 8.73. The monoisotopic (exact) mass is 415 g/mol. The van der Waals surface area contributed by atoms with Crippen LogP contribution in [-0.2, 0) is 0 Å². The maximum Gasteiger partial charge on any atom is 0.161 e. The minimum Gasteiger partial charge on any atom is -0.497 e. The highest BCUT2D eigenvalue weighted by Crippen LogP contribution is 2.38. The van der Waals surface area contributed by atoms with Crippen LogP contribution in [0.1, 0.15) is 6.92 Å². The van der Waals surface area contributed by atoms with Crippen molar-refractivity contribution in [2.45, 2.75) is 6.92 Å². The van der Waals surface area contributed by atoms with E-state index in [9.17, 15) is 0 Å². The molecular formula is C24H25N5O2. The summed E-state index contributed by atoms with van der Waals surface area (Å²) in [6, 6.07) is 20.0. The van der Waals surface area contributed by atoms with Gasteiger partial charge in [0.2, 0.25) is 0 Å². The highest BCUT2D eigenvalue weighted by atomic mass is 16.5. The van der Waals surface area contributed by atoms with Crippen molar-refractivity contribution >= 4 is 39.5 Å². The number of benzene rings is 3. The lowest BCUT2D eigenvalue weighted by Gasteiger charge is -2.25. The van der Waals surface area contributed by atoms with Gasteiger partial charge < -0.3 is 25.4 Å². The van der Waals surface area contributed by atoms with Gasteiger partial charge in [-0.2, -0.15) is 0 Å². The van der Waals surface area contributed by atoms with Gasteiger partial charge in [-0.3, -0.25) is 0 Å². The molecule has 3 N–H and O–H groups in total. The molecule has 1 heterocycles. The standard InChI is InChI=1S/C24H25N5O2/c1-4-29(20-11-7-9-16-8-5-6-10-18(16)20)24-22(25)23(26-15-27-24)28-19-14-17(30-2)12-13-21(19)31-3/h5-15H,4,25H2,1-3H3,(H,26,27,28). The van der Waals surface area contributed by atoms with Crippen LogP contribution >= 0.6 is 0 Å². The molecule has 7 nitrogen and oxygen atoms in total. The number of rotatable bonds is 7. The number of fused-ring (bicyclic) bond motifs is 1. The van der Waals surface area contributed by atoms with Gasteiger partial charge in [-0.15, -0.1) is 0 Å². The Morgan fingerprint density at radius 2 is 1.77 bits per heavy atom. The third-order valence-electron chi connectivity index (χ3n) is 5.15. The first-order valence-corrected chi connectivity index (χ1v) is 10.0. The van der Waals surface area contributed by atoms with E-state index in [1.807, 2.05) is 36.4 Å². The molecule has 0 bridgehead atoms. The molecule has 1 aromatic heterocycles. The van der Waals surface area contributed by atoms with Crippen molar-refractivity contribution in [3.8, 4) is 11.5 Å². The van der Waals surface area contributed by atoms with Gasteiger partial charge in [-0.1, -0.05) is 36.4 Å². The second-order valence-corrected chi connectivity index (χ2v) is 6.89. The molecule has 0 aliphatic rings. The predicted molar refractivity (Wildman–Crippen MR) is 126 cm³/mol. The lowest BCUT2D eigenvalue weighted by atomic mass is 10.1. The van der Waals surface area contributed by atoms with Gasteiger partial charge in [0.25, 0.3) is 0 Å². The molecule has 31 heavy (non-hydrogen) atoms. The summed E-state index contributed by atoms with van der Waals surface area (Å²) in [7, 11) is 3.23. The fourth-order valence-corrected chi connectivity index (χ4v) is 3.62. The van der Waals surface area contributed by atoms with Crippen LogP contribution in [0.2, 0.25) is 0 Å². The smallest absolute Gasteiger partial charge is 0.161 e. The molecule has 0 aliphatic heterocycles. The van der Waals surface area contributed by atoms with Crippen molar-refractivity contribution < 1.29 is 9.47 Å². The fourth-order valence-electron chi connectivity index (χ4n) is 3.62. The highest BCUT2D eigenvalue weighted by molar-refractivity contribution is 5.97. The lowest BCUT2D eigenvalue weighted by molar-refractivity contribution is 0.405. The minimum atomic E-state index is 0.446. The average Bonchev–Trinajstić information content (AvgIpc) is 2.82. The second kappa shape index (κ2) is 8.79. The van der Waals surface area contributed by atoms with E-state index in [2.05, 4.69) is 51.4 Å². The SMILES string of the molecule is CCN(c1ncnc(Nc2cc(OC)ccc2OC)c1N)c1cccc2ccccc12. The number of nitrogen functional groups attached to an aromatic ring is 1. The minimum absolute atomic E-state index is 0.446. The summed E-state index contributed by atoms with van der Waals surface area (Å²) in [6.45, 7) is 2.76. The Morgan fingerprint density at radius 3 is 2.55 bits per heavy atom. The van der Waals surface area contributed by atoms with Crippen LogP contribution in [0.3, 0.4) is 0 Å². The molecule has 0 saturated heterocycles. The zero-order valence-electron chi connectivity index (χ0n) is 17.8. The number of methoxy groups -OCH3 is 2. The Kier molecular flexibility index (Phi) is 5.75. The molecule has 0 amide bonds. The van der Waals surface area contributed by atoms with Crippen molar-refractivity contribution in [3.63, 3.8) is 0 Å². The topological polar surface area (TPSA) is 85.5 Å². The maximum atomic E-state index is 6.55. The number of hydrogen-bond donors (Lipinski definition) is 2. The number of hydrogen-bond acceptors (Lipinski definition) is 7. The molecule has 3 aromatic carbocycles. The number of nitrogens with zero attached hydrogens (tertiary/aromatic N) is 3. The van der Waals surface area contributed by atoms with E-state index in [1.54, 1.807) is 14.2 Å². The number of nitrogens with two attached hydrogens (primary N) is 1. The van der Waals surface area contributed by atoms with Gasteiger partial charge in [0, 0.05) is 18.0 Å². The molecule has 158 valence electrons. The third kappa shape index (κ3) is 3.90. The molecule has 0 unspecified atom stereocenters. The molecule has 0 aliphatic carbocycles. The highest BCUT2D eigenvalue weighted by Gasteiger charge is 2.18. The molecule has 7 heteroatoms. The number of ether oxygens (including phenoxy) is 2. The van der Waals surface area contributed by atoms with Crippen LogP contribution < -0.4 is 25.4 Å². The van der Waals surface area contributed by atoms with Crippen molar-refractivity contribution in [2.75, 3.05) is 36.7 Å². The van der Waals surface area contributed by atoms with Crippen molar-refractivity contribution in [1.29, 1.82) is 0 Å². The van der Waals surface area contributed by atoms with Crippen molar-refractivity contribution in [2.24, 2.45) is 0 Å². The molecular weight excluding hydrogens is 390 g/mol. The summed E-state index contributed by atoms with van der Waals surface area (Å²) < 4.78 is 10.8. The third-order valence-corrected chi connectivity index (χ3v) is 5.15. The molecule has 0 radical (unpaired) electrons. The van der Waals surface area contributed by atoms with Crippen LogP contribution in [-0.4, -0.2) is 30.7 Å². The number of nitrogens with one attached hydrogen (secondary N) is 1. The second-order valence-electron chi connectivity index (χ2n) is 6.89. The normalized spacial score (nSPS) is 10.7. The summed E-state index contributed by atoms with van der Waals surface area (Å²) in [4.78, 5) is 11.0. The Hall–Kier alpha value is -4.00. The van der Waals surface area contributed by atoms with E-state index < -0.39 is 0 Å². The van der Waals surface area contributed by atoms with Crippen LogP contribution in [0.25, 0.3) is 10.8 Å². The number of aromatic nitrogens is 2. The van der Waals surface area contributed by atoms with Crippen molar-refractivity contribution in [1.82, 2.24) is 9.97 Å². The first-order valence-electron chi connectivity index (χ1n) is 10.0. The molecule has 4 rings (SSSR count). The van der Waals surface area contributed by atoms with Crippen LogP contribution in [0, 0.1) is 0 Å². The van der Waals surface area contributed by atoms with E-state index >= 15 is 0 Å².